The fraction of sp³-hybridized carbons (Fsp3) is 0.0952. The summed E-state index contributed by atoms with van der Waals surface area (Å²) in [6.07, 6.45) is -2.99. The number of aromatic nitrogens is 3. The molecule has 4 rings (SSSR count). The van der Waals surface area contributed by atoms with E-state index in [4.69, 9.17) is 11.6 Å². The van der Waals surface area contributed by atoms with Crippen LogP contribution in [-0.4, -0.2) is 20.9 Å². The van der Waals surface area contributed by atoms with Crippen molar-refractivity contribution in [1.82, 2.24) is 20.3 Å². The van der Waals surface area contributed by atoms with Crippen LogP contribution in [0.1, 0.15) is 21.6 Å². The largest absolute Gasteiger partial charge is 0.417 e. The van der Waals surface area contributed by atoms with E-state index in [-0.39, 0.29) is 34.0 Å². The Bertz CT molecular complexity index is 1220. The third-order valence-electron chi connectivity index (χ3n) is 4.46. The number of fused-ring (bicyclic) bond motifs is 1. The lowest BCUT2D eigenvalue weighted by atomic mass is 10.1. The molecule has 0 radical (unpaired) electrons. The number of aromatic amines is 1. The maximum Gasteiger partial charge on any atom is 0.417 e. The van der Waals surface area contributed by atoms with Crippen molar-refractivity contribution in [1.29, 1.82) is 0 Å². The smallest absolute Gasteiger partial charge is 0.346 e. The van der Waals surface area contributed by atoms with E-state index in [9.17, 15) is 18.0 Å². The molecule has 2 aromatic heterocycles. The van der Waals surface area contributed by atoms with Crippen LogP contribution in [0.25, 0.3) is 22.4 Å². The Kier molecular flexibility index (Phi) is 5.17. The van der Waals surface area contributed by atoms with Crippen LogP contribution in [0, 0.1) is 0 Å². The van der Waals surface area contributed by atoms with Crippen molar-refractivity contribution in [2.75, 3.05) is 0 Å². The molecule has 0 aliphatic carbocycles. The summed E-state index contributed by atoms with van der Waals surface area (Å²) >= 11 is 5.75. The number of H-pyrrole nitrogens is 1. The second-order valence-corrected chi connectivity index (χ2v) is 6.92. The number of carbonyl (C=O) groups is 1. The van der Waals surface area contributed by atoms with Gasteiger partial charge in [-0.3, -0.25) is 9.78 Å². The van der Waals surface area contributed by atoms with Crippen LogP contribution in [0.2, 0.25) is 5.02 Å². The number of nitrogens with one attached hydrogen (secondary N) is 2. The van der Waals surface area contributed by atoms with Gasteiger partial charge >= 0.3 is 6.18 Å². The van der Waals surface area contributed by atoms with Crippen molar-refractivity contribution in [3.63, 3.8) is 0 Å². The average molecular weight is 431 g/mol. The van der Waals surface area contributed by atoms with Gasteiger partial charge in [0.05, 0.1) is 28.9 Å². The van der Waals surface area contributed by atoms with Crippen LogP contribution in [0.15, 0.2) is 60.8 Å². The Labute approximate surface area is 173 Å². The molecule has 0 fully saturated rings. The molecule has 0 aliphatic heterocycles. The standard InChI is InChI=1S/C21H14ClF3N4O/c22-12-7-8-14(16(10-12)21(23,24)25)19-28-17-6-3-5-15(18(17)29-19)20(30)27-11-13-4-1-2-9-26-13/h1-10H,11H2,(H,27,30)(H,28,29). The Morgan fingerprint density at radius 3 is 2.67 bits per heavy atom. The van der Waals surface area contributed by atoms with Gasteiger partial charge < -0.3 is 10.3 Å². The van der Waals surface area contributed by atoms with Gasteiger partial charge in [-0.1, -0.05) is 23.7 Å². The van der Waals surface area contributed by atoms with Gasteiger partial charge in [-0.2, -0.15) is 13.2 Å². The van der Waals surface area contributed by atoms with Gasteiger partial charge in [0.15, 0.2) is 0 Å². The van der Waals surface area contributed by atoms with Crippen LogP contribution >= 0.6 is 11.6 Å². The third-order valence-corrected chi connectivity index (χ3v) is 4.69. The molecular weight excluding hydrogens is 417 g/mol. The number of carbonyl (C=O) groups excluding carboxylic acids is 1. The fourth-order valence-corrected chi connectivity index (χ4v) is 3.24. The van der Waals surface area contributed by atoms with Crippen LogP contribution < -0.4 is 5.32 Å². The van der Waals surface area contributed by atoms with Crippen LogP contribution in [-0.2, 0) is 12.7 Å². The molecule has 0 saturated carbocycles. The molecule has 2 heterocycles. The molecule has 9 heteroatoms. The number of halogens is 4. The van der Waals surface area contributed by atoms with Gasteiger partial charge in [0.2, 0.25) is 0 Å². The summed E-state index contributed by atoms with van der Waals surface area (Å²) in [5, 5.41) is 2.72. The van der Waals surface area contributed by atoms with Crippen LogP contribution in [0.4, 0.5) is 13.2 Å². The van der Waals surface area contributed by atoms with Crippen LogP contribution in [0.5, 0.6) is 0 Å². The number of nitrogens with zero attached hydrogens (tertiary/aromatic N) is 2. The molecule has 2 N–H and O–H groups in total. The SMILES string of the molecule is O=C(NCc1ccccn1)c1cccc2[nH]c(-c3ccc(Cl)cc3C(F)(F)F)nc12. The van der Waals surface area contributed by atoms with Gasteiger partial charge in [0, 0.05) is 16.8 Å². The first-order chi connectivity index (χ1) is 14.3. The zero-order valence-electron chi connectivity index (χ0n) is 15.3. The zero-order chi connectivity index (χ0) is 21.3. The molecule has 0 spiro atoms. The first kappa shape index (κ1) is 19.9. The topological polar surface area (TPSA) is 70.7 Å². The molecular formula is C21H14ClF3N4O. The van der Waals surface area contributed by atoms with Crippen molar-refractivity contribution >= 4 is 28.5 Å². The predicted octanol–water partition coefficient (Wildman–Crippen LogP) is 5.23. The summed E-state index contributed by atoms with van der Waals surface area (Å²) in [6.45, 7) is 0.211. The van der Waals surface area contributed by atoms with Crippen molar-refractivity contribution in [3.8, 4) is 11.4 Å². The zero-order valence-corrected chi connectivity index (χ0v) is 16.1. The molecule has 2 aromatic carbocycles. The highest BCUT2D eigenvalue weighted by Crippen LogP contribution is 2.38. The van der Waals surface area contributed by atoms with Gasteiger partial charge in [-0.15, -0.1) is 0 Å². The highest BCUT2D eigenvalue weighted by molar-refractivity contribution is 6.30. The first-order valence-corrected chi connectivity index (χ1v) is 9.24. The molecule has 5 nitrogen and oxygen atoms in total. The number of imidazole rings is 1. The van der Waals surface area contributed by atoms with E-state index in [2.05, 4.69) is 20.3 Å². The fourth-order valence-electron chi connectivity index (χ4n) is 3.07. The number of rotatable bonds is 4. The summed E-state index contributed by atoms with van der Waals surface area (Å²) in [6, 6.07) is 13.6. The second kappa shape index (κ2) is 7.79. The van der Waals surface area contributed by atoms with Crippen molar-refractivity contribution in [2.24, 2.45) is 0 Å². The lowest BCUT2D eigenvalue weighted by Gasteiger charge is -2.11. The molecule has 30 heavy (non-hydrogen) atoms. The lowest BCUT2D eigenvalue weighted by molar-refractivity contribution is -0.137. The maximum atomic E-state index is 13.5. The van der Waals surface area contributed by atoms with Gasteiger partial charge in [0.25, 0.3) is 5.91 Å². The second-order valence-electron chi connectivity index (χ2n) is 6.48. The Hall–Kier alpha value is -3.39. The number of amides is 1. The van der Waals surface area contributed by atoms with E-state index >= 15 is 0 Å². The quantitative estimate of drug-likeness (QED) is 0.466. The van der Waals surface area contributed by atoms with E-state index in [0.29, 0.717) is 11.2 Å². The van der Waals surface area contributed by atoms with E-state index in [0.717, 1.165) is 6.07 Å². The Morgan fingerprint density at radius 1 is 1.10 bits per heavy atom. The van der Waals surface area contributed by atoms with Crippen molar-refractivity contribution in [2.45, 2.75) is 12.7 Å². The lowest BCUT2D eigenvalue weighted by Crippen LogP contribution is -2.23. The monoisotopic (exact) mass is 430 g/mol. The molecule has 4 aromatic rings. The van der Waals surface area contributed by atoms with E-state index in [1.165, 1.54) is 12.1 Å². The molecule has 0 unspecified atom stereocenters. The number of alkyl halides is 3. The number of benzene rings is 2. The summed E-state index contributed by atoms with van der Waals surface area (Å²) < 4.78 is 40.4. The Balaban J connectivity index is 1.71. The first-order valence-electron chi connectivity index (χ1n) is 8.87. The molecule has 0 aliphatic rings. The van der Waals surface area contributed by atoms with Crippen molar-refractivity contribution < 1.29 is 18.0 Å². The maximum absolute atomic E-state index is 13.5. The number of pyridine rings is 1. The molecule has 152 valence electrons. The minimum atomic E-state index is -4.61. The number of para-hydroxylation sites is 1. The van der Waals surface area contributed by atoms with Crippen LogP contribution in [0.3, 0.4) is 0 Å². The molecule has 0 atom stereocenters. The van der Waals surface area contributed by atoms with Gasteiger partial charge in [-0.05, 0) is 42.5 Å². The third kappa shape index (κ3) is 3.99. The van der Waals surface area contributed by atoms with Gasteiger partial charge in [-0.25, -0.2) is 4.98 Å². The number of hydrogen-bond acceptors (Lipinski definition) is 3. The number of hydrogen-bond donors (Lipinski definition) is 2. The minimum Gasteiger partial charge on any atom is -0.346 e. The highest BCUT2D eigenvalue weighted by Gasteiger charge is 2.34. The van der Waals surface area contributed by atoms with E-state index < -0.39 is 17.6 Å². The van der Waals surface area contributed by atoms with Crippen molar-refractivity contribution in [3.05, 3.63) is 82.6 Å². The normalized spacial score (nSPS) is 11.6. The summed E-state index contributed by atoms with van der Waals surface area (Å²) in [4.78, 5) is 23.9. The highest BCUT2D eigenvalue weighted by atomic mass is 35.5. The molecule has 0 bridgehead atoms. The Morgan fingerprint density at radius 2 is 1.93 bits per heavy atom. The molecule has 0 saturated heterocycles. The van der Waals surface area contributed by atoms with E-state index in [1.807, 2.05) is 0 Å². The molecule has 1 amide bonds. The van der Waals surface area contributed by atoms with Gasteiger partial charge in [0.1, 0.15) is 11.3 Å². The summed E-state index contributed by atoms with van der Waals surface area (Å²) in [7, 11) is 0. The predicted molar refractivity (Wildman–Crippen MR) is 107 cm³/mol. The average Bonchev–Trinajstić information content (AvgIpc) is 3.16. The summed E-state index contributed by atoms with van der Waals surface area (Å²) in [5.74, 6) is -0.407. The summed E-state index contributed by atoms with van der Waals surface area (Å²) in [5.41, 5.74) is 0.580. The van der Waals surface area contributed by atoms with E-state index in [1.54, 1.807) is 42.6 Å². The minimum absolute atomic E-state index is 0.000956.